The van der Waals surface area contributed by atoms with E-state index in [9.17, 15) is 24.0 Å². The largest absolute Gasteiger partial charge is 0.427 e. The summed E-state index contributed by atoms with van der Waals surface area (Å²) in [6.07, 6.45) is 4.69. The second kappa shape index (κ2) is 22.7. The molecule has 1 aliphatic rings. The van der Waals surface area contributed by atoms with Crippen molar-refractivity contribution < 1.29 is 47.7 Å². The second-order valence-electron chi connectivity index (χ2n) is 16.4. The second-order valence-corrected chi connectivity index (χ2v) is 16.4. The van der Waals surface area contributed by atoms with E-state index in [0.717, 1.165) is 50.1 Å². The summed E-state index contributed by atoms with van der Waals surface area (Å²) in [5, 5.41) is 0. The van der Waals surface area contributed by atoms with Crippen molar-refractivity contribution >= 4 is 52.1 Å². The summed E-state index contributed by atoms with van der Waals surface area (Å²) in [6.45, 7) is 11.8. The average Bonchev–Trinajstić information content (AvgIpc) is 3.57. The number of carbonyl (C=O) groups excluding carboxylic acids is 5. The molecule has 0 radical (unpaired) electrons. The minimum Gasteiger partial charge on any atom is -0.427 e. The Balaban J connectivity index is 1.67. The highest BCUT2D eigenvalue weighted by Gasteiger charge is 2.46. The third-order valence-corrected chi connectivity index (χ3v) is 11.2. The summed E-state index contributed by atoms with van der Waals surface area (Å²) in [4.78, 5) is 63.1. The molecule has 1 aliphatic carbocycles. The van der Waals surface area contributed by atoms with Gasteiger partial charge < -0.3 is 23.7 Å². The summed E-state index contributed by atoms with van der Waals surface area (Å²) in [6, 6.07) is 37.3. The Hall–Kier alpha value is -7.07. The van der Waals surface area contributed by atoms with Crippen LogP contribution in [0.1, 0.15) is 134 Å². The Labute approximate surface area is 387 Å². The smallest absolute Gasteiger partial charge is 0.311 e. The number of benzene rings is 5. The van der Waals surface area contributed by atoms with Crippen LogP contribution in [-0.2, 0) is 29.4 Å². The van der Waals surface area contributed by atoms with Gasteiger partial charge in [0.25, 0.3) is 0 Å². The molecule has 0 heterocycles. The van der Waals surface area contributed by atoms with Crippen molar-refractivity contribution in [3.63, 3.8) is 0 Å². The van der Waals surface area contributed by atoms with Gasteiger partial charge in [-0.3, -0.25) is 24.0 Å². The van der Waals surface area contributed by atoms with Gasteiger partial charge in [0, 0.05) is 37.5 Å². The van der Waals surface area contributed by atoms with Gasteiger partial charge in [-0.15, -0.1) is 0 Å². The number of allylic oxidation sites excluding steroid dienone is 4. The number of rotatable bonds is 20. The molecule has 0 saturated carbocycles. The van der Waals surface area contributed by atoms with E-state index >= 15 is 0 Å². The first-order valence-electron chi connectivity index (χ1n) is 23.0. The monoisotopic (exact) mass is 890 g/mol. The van der Waals surface area contributed by atoms with Crippen molar-refractivity contribution in [2.24, 2.45) is 0 Å². The lowest BCUT2D eigenvalue weighted by atomic mass is 9.68. The molecule has 0 atom stereocenters. The lowest BCUT2D eigenvalue weighted by Gasteiger charge is -2.34. The van der Waals surface area contributed by atoms with Crippen LogP contribution < -0.4 is 23.7 Å². The number of hydrogen-bond acceptors (Lipinski definition) is 10. The first-order valence-corrected chi connectivity index (χ1v) is 23.0. The lowest BCUT2D eigenvalue weighted by Crippen LogP contribution is -2.24. The van der Waals surface area contributed by atoms with Crippen LogP contribution in [-0.4, -0.2) is 29.8 Å². The van der Waals surface area contributed by atoms with Crippen molar-refractivity contribution in [1.82, 2.24) is 0 Å². The van der Waals surface area contributed by atoms with Gasteiger partial charge in [-0.2, -0.15) is 0 Å². The van der Waals surface area contributed by atoms with E-state index in [-0.39, 0.29) is 62.0 Å². The highest BCUT2D eigenvalue weighted by molar-refractivity contribution is 6.31. The zero-order valence-electron chi connectivity index (χ0n) is 38.7. The van der Waals surface area contributed by atoms with Crippen molar-refractivity contribution in [1.29, 1.82) is 0 Å². The Kier molecular flexibility index (Phi) is 16.6. The van der Waals surface area contributed by atoms with Gasteiger partial charge in [0.05, 0.1) is 0 Å². The molecule has 6 rings (SSSR count). The van der Waals surface area contributed by atoms with E-state index in [0.29, 0.717) is 60.9 Å². The highest BCUT2D eigenvalue weighted by atomic mass is 16.5. The van der Waals surface area contributed by atoms with Crippen LogP contribution in [0.15, 0.2) is 121 Å². The molecule has 0 N–H and O–H groups in total. The molecule has 0 amide bonds. The quantitative estimate of drug-likeness (QED) is 0.0549. The average molecular weight is 891 g/mol. The maximum atomic E-state index is 12.6. The Morgan fingerprint density at radius 1 is 0.333 bits per heavy atom. The summed E-state index contributed by atoms with van der Waals surface area (Å²) >= 11 is 0. The standard InChI is InChI=1S/C56H58O10/c1-7-12-47(57)62-42-27-17-37(18-28-42)52-53(38-19-29-43(30-20-38)63-48(58)13-8-2)55(40-23-33-45(34-24-40)65-50(60)15-10-4)56(6,41-25-35-46(36-26-41)66-51(61)16-11-5)54(52)39-21-31-44(32-22-39)64-49(59)14-9-3/h17-36H,7-16H2,1-6H3. The van der Waals surface area contributed by atoms with Gasteiger partial charge in [-0.1, -0.05) is 95.3 Å². The molecular formula is C56H58O10. The molecular weight excluding hydrogens is 833 g/mol. The molecule has 0 spiro atoms. The van der Waals surface area contributed by atoms with Gasteiger partial charge in [0.2, 0.25) is 0 Å². The topological polar surface area (TPSA) is 132 Å². The Morgan fingerprint density at radius 2 is 0.545 bits per heavy atom. The van der Waals surface area contributed by atoms with Crippen molar-refractivity contribution in [3.8, 4) is 28.7 Å². The molecule has 0 bridgehead atoms. The molecule has 10 nitrogen and oxygen atoms in total. The van der Waals surface area contributed by atoms with Crippen LogP contribution in [0.4, 0.5) is 0 Å². The molecule has 342 valence electrons. The molecule has 0 unspecified atom stereocenters. The van der Waals surface area contributed by atoms with Crippen molar-refractivity contribution in [3.05, 3.63) is 149 Å². The number of hydrogen-bond donors (Lipinski definition) is 0. The number of carbonyl (C=O) groups is 5. The third kappa shape index (κ3) is 11.6. The Bertz CT molecular complexity index is 2420. The van der Waals surface area contributed by atoms with E-state index in [1.165, 1.54) is 0 Å². The zero-order valence-corrected chi connectivity index (χ0v) is 38.7. The summed E-state index contributed by atoms with van der Waals surface area (Å²) in [5.41, 5.74) is 6.63. The van der Waals surface area contributed by atoms with E-state index < -0.39 is 5.41 Å². The third-order valence-electron chi connectivity index (χ3n) is 11.2. The minimum atomic E-state index is -0.976. The molecule has 66 heavy (non-hydrogen) atoms. The van der Waals surface area contributed by atoms with Crippen LogP contribution in [0.2, 0.25) is 0 Å². The van der Waals surface area contributed by atoms with E-state index in [1.54, 1.807) is 60.7 Å². The van der Waals surface area contributed by atoms with Crippen LogP contribution in [0.25, 0.3) is 22.3 Å². The maximum absolute atomic E-state index is 12.6. The highest BCUT2D eigenvalue weighted by Crippen LogP contribution is 2.62. The molecule has 0 aliphatic heterocycles. The van der Waals surface area contributed by atoms with Crippen molar-refractivity contribution in [2.75, 3.05) is 0 Å². The Morgan fingerprint density at radius 3 is 0.773 bits per heavy atom. The summed E-state index contributed by atoms with van der Waals surface area (Å²) < 4.78 is 28.6. The molecule has 0 aromatic heterocycles. The fraction of sp³-hybridized carbons (Fsp3) is 0.304. The van der Waals surface area contributed by atoms with Crippen LogP contribution in [0.5, 0.6) is 28.7 Å². The molecule has 0 fully saturated rings. The van der Waals surface area contributed by atoms with Gasteiger partial charge in [0.1, 0.15) is 28.7 Å². The summed E-state index contributed by atoms with van der Waals surface area (Å²) in [7, 11) is 0. The van der Waals surface area contributed by atoms with Gasteiger partial charge in [-0.25, -0.2) is 0 Å². The zero-order chi connectivity index (χ0) is 47.2. The van der Waals surface area contributed by atoms with Gasteiger partial charge >= 0.3 is 29.8 Å². The van der Waals surface area contributed by atoms with Crippen molar-refractivity contribution in [2.45, 2.75) is 111 Å². The van der Waals surface area contributed by atoms with Gasteiger partial charge in [0.15, 0.2) is 0 Å². The molecule has 0 saturated heterocycles. The maximum Gasteiger partial charge on any atom is 0.311 e. The summed E-state index contributed by atoms with van der Waals surface area (Å²) in [5.74, 6) is 0.414. The SMILES string of the molecule is CCCC(=O)Oc1ccc(C2=C(c3ccc(OC(=O)CCC)cc3)C(C)(c3ccc(OC(=O)CCC)cc3)C(c3ccc(OC(=O)CCC)cc3)=C2c2ccc(OC(=O)CCC)cc2)cc1. The number of ether oxygens (including phenoxy) is 5. The fourth-order valence-corrected chi connectivity index (χ4v) is 8.15. The van der Waals surface area contributed by atoms with Crippen LogP contribution >= 0.6 is 0 Å². The molecule has 5 aromatic carbocycles. The first-order chi connectivity index (χ1) is 31.9. The molecule has 5 aromatic rings. The van der Waals surface area contributed by atoms with Gasteiger partial charge in [-0.05, 0) is 150 Å². The minimum absolute atomic E-state index is 0.284. The lowest BCUT2D eigenvalue weighted by molar-refractivity contribution is -0.135. The fourth-order valence-electron chi connectivity index (χ4n) is 8.15. The predicted molar refractivity (Wildman–Crippen MR) is 256 cm³/mol. The predicted octanol–water partition coefficient (Wildman–Crippen LogP) is 12.7. The normalized spacial score (nSPS) is 13.0. The van der Waals surface area contributed by atoms with Crippen LogP contribution in [0.3, 0.4) is 0 Å². The first kappa shape index (κ1) is 48.4. The van der Waals surface area contributed by atoms with E-state index in [1.807, 2.05) is 95.3 Å². The number of esters is 5. The molecule has 10 heteroatoms. The van der Waals surface area contributed by atoms with Crippen LogP contribution in [0, 0.1) is 0 Å². The van der Waals surface area contributed by atoms with E-state index in [2.05, 4.69) is 6.92 Å². The van der Waals surface area contributed by atoms with E-state index in [4.69, 9.17) is 23.7 Å².